The fourth-order valence-electron chi connectivity index (χ4n) is 3.54. The van der Waals surface area contributed by atoms with Gasteiger partial charge in [-0.05, 0) is 50.3 Å². The van der Waals surface area contributed by atoms with E-state index in [4.69, 9.17) is 10.5 Å². The molecule has 3 heteroatoms. The first kappa shape index (κ1) is 16.3. The Bertz CT molecular complexity index is 449. The predicted molar refractivity (Wildman–Crippen MR) is 88.7 cm³/mol. The molecule has 0 aliphatic carbocycles. The van der Waals surface area contributed by atoms with Crippen molar-refractivity contribution in [3.63, 3.8) is 0 Å². The number of para-hydroxylation sites is 1. The number of nitrogens with zero attached hydrogens (tertiary/aromatic N) is 1. The minimum atomic E-state index is 0.0249. The highest BCUT2D eigenvalue weighted by Crippen LogP contribution is 2.31. The van der Waals surface area contributed by atoms with Crippen LogP contribution in [-0.4, -0.2) is 37.2 Å². The van der Waals surface area contributed by atoms with E-state index in [0.717, 1.165) is 18.1 Å². The maximum absolute atomic E-state index is 6.16. The molecule has 0 spiro atoms. The predicted octanol–water partition coefficient (Wildman–Crippen LogP) is 3.08. The van der Waals surface area contributed by atoms with Crippen molar-refractivity contribution in [1.29, 1.82) is 0 Å². The van der Waals surface area contributed by atoms with Gasteiger partial charge in [-0.2, -0.15) is 0 Å². The number of hydrogen-bond donors (Lipinski definition) is 1. The molecular weight excluding hydrogens is 260 g/mol. The Hall–Kier alpha value is -1.06. The fraction of sp³-hybridized carbons (Fsp3) is 0.667. The van der Waals surface area contributed by atoms with Crippen LogP contribution in [0.3, 0.4) is 0 Å². The fourth-order valence-corrected chi connectivity index (χ4v) is 3.54. The Kier molecular flexibility index (Phi) is 5.65. The lowest BCUT2D eigenvalue weighted by Gasteiger charge is -2.38. The summed E-state index contributed by atoms with van der Waals surface area (Å²) in [6.45, 7) is 7.63. The van der Waals surface area contributed by atoms with Crippen LogP contribution in [-0.2, 0) is 6.42 Å². The van der Waals surface area contributed by atoms with Crippen molar-refractivity contribution in [2.24, 2.45) is 11.7 Å². The number of benzene rings is 1. The SMILES string of the molecule is CCCC1CCN(C(C)(CN)Cc2ccccc2OC)C1. The molecule has 1 aromatic rings. The number of hydrogen-bond acceptors (Lipinski definition) is 3. The normalized spacial score (nSPS) is 22.2. The first-order chi connectivity index (χ1) is 10.1. The van der Waals surface area contributed by atoms with Crippen molar-refractivity contribution in [3.05, 3.63) is 29.8 Å². The average molecular weight is 290 g/mol. The first-order valence-corrected chi connectivity index (χ1v) is 8.20. The molecule has 1 aliphatic rings. The summed E-state index contributed by atoms with van der Waals surface area (Å²) in [7, 11) is 1.74. The average Bonchev–Trinajstić information content (AvgIpc) is 2.97. The van der Waals surface area contributed by atoms with Crippen molar-refractivity contribution in [2.45, 2.75) is 45.1 Å². The third kappa shape index (κ3) is 3.78. The van der Waals surface area contributed by atoms with Crippen LogP contribution in [0.15, 0.2) is 24.3 Å². The van der Waals surface area contributed by atoms with Gasteiger partial charge in [-0.25, -0.2) is 0 Å². The van der Waals surface area contributed by atoms with Crippen molar-refractivity contribution in [2.75, 3.05) is 26.7 Å². The Balaban J connectivity index is 2.10. The van der Waals surface area contributed by atoms with Gasteiger partial charge in [0.15, 0.2) is 0 Å². The van der Waals surface area contributed by atoms with E-state index in [1.807, 2.05) is 12.1 Å². The zero-order chi connectivity index (χ0) is 15.3. The summed E-state index contributed by atoms with van der Waals surface area (Å²) in [6.07, 6.45) is 4.89. The molecule has 1 heterocycles. The molecule has 1 fully saturated rings. The van der Waals surface area contributed by atoms with Gasteiger partial charge in [0.1, 0.15) is 5.75 Å². The van der Waals surface area contributed by atoms with Crippen molar-refractivity contribution < 1.29 is 4.74 Å². The van der Waals surface area contributed by atoms with Crippen molar-refractivity contribution in [1.82, 2.24) is 4.90 Å². The van der Waals surface area contributed by atoms with Crippen LogP contribution < -0.4 is 10.5 Å². The molecule has 0 amide bonds. The largest absolute Gasteiger partial charge is 0.496 e. The molecule has 1 aromatic carbocycles. The third-order valence-electron chi connectivity index (χ3n) is 4.95. The van der Waals surface area contributed by atoms with Gasteiger partial charge in [0, 0.05) is 18.6 Å². The Morgan fingerprint density at radius 3 is 2.81 bits per heavy atom. The van der Waals surface area contributed by atoms with Gasteiger partial charge in [0.25, 0.3) is 0 Å². The number of rotatable bonds is 7. The van der Waals surface area contributed by atoms with E-state index in [1.165, 1.54) is 37.9 Å². The van der Waals surface area contributed by atoms with Gasteiger partial charge in [0.05, 0.1) is 7.11 Å². The van der Waals surface area contributed by atoms with Gasteiger partial charge < -0.3 is 10.5 Å². The Morgan fingerprint density at radius 2 is 2.14 bits per heavy atom. The summed E-state index contributed by atoms with van der Waals surface area (Å²) in [5, 5.41) is 0. The molecule has 2 atom stereocenters. The van der Waals surface area contributed by atoms with Gasteiger partial charge >= 0.3 is 0 Å². The smallest absolute Gasteiger partial charge is 0.122 e. The van der Waals surface area contributed by atoms with Crippen LogP contribution >= 0.6 is 0 Å². The molecule has 21 heavy (non-hydrogen) atoms. The number of methoxy groups -OCH3 is 1. The summed E-state index contributed by atoms with van der Waals surface area (Å²) < 4.78 is 5.50. The topological polar surface area (TPSA) is 38.5 Å². The summed E-state index contributed by atoms with van der Waals surface area (Å²) >= 11 is 0. The Morgan fingerprint density at radius 1 is 1.38 bits per heavy atom. The molecule has 2 rings (SSSR count). The van der Waals surface area contributed by atoms with Crippen LogP contribution in [0.5, 0.6) is 5.75 Å². The van der Waals surface area contributed by atoms with Crippen molar-refractivity contribution in [3.8, 4) is 5.75 Å². The zero-order valence-electron chi connectivity index (χ0n) is 13.8. The second-order valence-corrected chi connectivity index (χ2v) is 6.58. The third-order valence-corrected chi connectivity index (χ3v) is 4.95. The Labute approximate surface area is 129 Å². The molecule has 3 nitrogen and oxygen atoms in total. The molecule has 2 unspecified atom stereocenters. The zero-order valence-corrected chi connectivity index (χ0v) is 13.8. The van der Waals surface area contributed by atoms with Crippen LogP contribution in [0.4, 0.5) is 0 Å². The highest BCUT2D eigenvalue weighted by molar-refractivity contribution is 5.34. The second-order valence-electron chi connectivity index (χ2n) is 6.58. The lowest BCUT2D eigenvalue weighted by molar-refractivity contribution is 0.135. The molecule has 1 aliphatic heterocycles. The minimum Gasteiger partial charge on any atom is -0.496 e. The molecule has 0 bridgehead atoms. The maximum Gasteiger partial charge on any atom is 0.122 e. The number of nitrogens with two attached hydrogens (primary N) is 1. The monoisotopic (exact) mass is 290 g/mol. The highest BCUT2D eigenvalue weighted by atomic mass is 16.5. The molecule has 1 saturated heterocycles. The van der Waals surface area contributed by atoms with Gasteiger partial charge in [0.2, 0.25) is 0 Å². The lowest BCUT2D eigenvalue weighted by Crippen LogP contribution is -2.52. The van der Waals surface area contributed by atoms with E-state index >= 15 is 0 Å². The van der Waals surface area contributed by atoms with E-state index in [1.54, 1.807) is 7.11 Å². The molecule has 0 saturated carbocycles. The van der Waals surface area contributed by atoms with E-state index in [2.05, 4.69) is 30.9 Å². The van der Waals surface area contributed by atoms with Crippen LogP contribution in [0, 0.1) is 5.92 Å². The van der Waals surface area contributed by atoms with E-state index in [0.29, 0.717) is 6.54 Å². The maximum atomic E-state index is 6.16. The van der Waals surface area contributed by atoms with E-state index in [-0.39, 0.29) is 5.54 Å². The summed E-state index contributed by atoms with van der Waals surface area (Å²) in [6, 6.07) is 8.30. The van der Waals surface area contributed by atoms with Gasteiger partial charge in [-0.3, -0.25) is 4.90 Å². The van der Waals surface area contributed by atoms with E-state index < -0.39 is 0 Å². The van der Waals surface area contributed by atoms with Crippen molar-refractivity contribution >= 4 is 0 Å². The minimum absolute atomic E-state index is 0.0249. The second kappa shape index (κ2) is 7.28. The van der Waals surface area contributed by atoms with E-state index in [9.17, 15) is 0 Å². The molecule has 0 aromatic heterocycles. The lowest BCUT2D eigenvalue weighted by atomic mass is 9.90. The van der Waals surface area contributed by atoms with Crippen LogP contribution in [0.2, 0.25) is 0 Å². The standard InChI is InChI=1S/C18H30N2O/c1-4-7-15-10-11-20(13-15)18(2,14-19)12-16-8-5-6-9-17(16)21-3/h5-6,8-9,15H,4,7,10-14,19H2,1-3H3. The van der Waals surface area contributed by atoms with Gasteiger partial charge in [-0.1, -0.05) is 31.5 Å². The molecule has 2 N–H and O–H groups in total. The number of likely N-dealkylation sites (tertiary alicyclic amines) is 1. The molecule has 118 valence electrons. The molecular formula is C18H30N2O. The van der Waals surface area contributed by atoms with Crippen LogP contribution in [0.1, 0.15) is 38.7 Å². The number of ether oxygens (including phenoxy) is 1. The highest BCUT2D eigenvalue weighted by Gasteiger charge is 2.36. The first-order valence-electron chi connectivity index (χ1n) is 8.20. The quantitative estimate of drug-likeness (QED) is 0.838. The summed E-state index contributed by atoms with van der Waals surface area (Å²) in [5.74, 6) is 1.82. The molecule has 0 radical (unpaired) electrons. The summed E-state index contributed by atoms with van der Waals surface area (Å²) in [4.78, 5) is 2.60. The van der Waals surface area contributed by atoms with Gasteiger partial charge in [-0.15, -0.1) is 0 Å². The van der Waals surface area contributed by atoms with Crippen LogP contribution in [0.25, 0.3) is 0 Å². The summed E-state index contributed by atoms with van der Waals surface area (Å²) in [5.41, 5.74) is 7.44.